The number of esters is 2. The summed E-state index contributed by atoms with van der Waals surface area (Å²) in [6, 6.07) is 16.0. The van der Waals surface area contributed by atoms with E-state index in [0.29, 0.717) is 22.6 Å². The van der Waals surface area contributed by atoms with E-state index in [2.05, 4.69) is 5.32 Å². The number of nitrogens with one attached hydrogen (secondary N) is 1. The molecule has 0 aromatic heterocycles. The van der Waals surface area contributed by atoms with Crippen molar-refractivity contribution in [3.05, 3.63) is 71.3 Å². The first-order valence-corrected chi connectivity index (χ1v) is 10.1. The number of carbonyl (C=O) groups is 3. The Morgan fingerprint density at radius 2 is 1.58 bits per heavy atom. The molecule has 2 aromatic rings. The maximum Gasteiger partial charge on any atom is 0.336 e. The highest BCUT2D eigenvalue weighted by molar-refractivity contribution is 6.11. The Morgan fingerprint density at radius 3 is 2.23 bits per heavy atom. The molecule has 1 N–H and O–H groups in total. The van der Waals surface area contributed by atoms with Crippen LogP contribution in [0.5, 0.6) is 5.75 Å². The zero-order valence-corrected chi connectivity index (χ0v) is 17.7. The molecule has 1 aliphatic heterocycles. The molecule has 0 saturated carbocycles. The van der Waals surface area contributed by atoms with Crippen molar-refractivity contribution >= 4 is 23.5 Å². The summed E-state index contributed by atoms with van der Waals surface area (Å²) in [5.74, 6) is -3.66. The number of amides is 1. The summed E-state index contributed by atoms with van der Waals surface area (Å²) in [7, 11) is 1.49. The molecule has 0 fully saturated rings. The maximum absolute atomic E-state index is 13.2. The van der Waals surface area contributed by atoms with E-state index in [1.165, 1.54) is 7.11 Å². The van der Waals surface area contributed by atoms with Crippen LogP contribution in [0.25, 0.3) is 5.70 Å². The van der Waals surface area contributed by atoms with E-state index in [1.54, 1.807) is 62.4 Å². The molecule has 0 spiro atoms. The highest BCUT2D eigenvalue weighted by Gasteiger charge is 2.47. The Balaban J connectivity index is 2.32. The van der Waals surface area contributed by atoms with Crippen LogP contribution in [0.1, 0.15) is 30.9 Å². The fraction of sp³-hybridized carbons (Fsp3) is 0.292. The average Bonchev–Trinajstić information content (AvgIpc) is 2.79. The van der Waals surface area contributed by atoms with Gasteiger partial charge in [0.05, 0.1) is 31.6 Å². The van der Waals surface area contributed by atoms with E-state index < -0.39 is 29.7 Å². The smallest absolute Gasteiger partial charge is 0.336 e. The van der Waals surface area contributed by atoms with Crippen LogP contribution in [0, 0.1) is 5.92 Å². The summed E-state index contributed by atoms with van der Waals surface area (Å²) in [6.07, 6.45) is 0. The topological polar surface area (TPSA) is 90.9 Å². The summed E-state index contributed by atoms with van der Waals surface area (Å²) in [4.78, 5) is 39.2. The third-order valence-electron chi connectivity index (χ3n) is 5.02. The zero-order valence-electron chi connectivity index (χ0n) is 17.7. The molecule has 0 unspecified atom stereocenters. The van der Waals surface area contributed by atoms with Crippen LogP contribution in [0.15, 0.2) is 60.2 Å². The number of ether oxygens (including phenoxy) is 3. The molecule has 7 nitrogen and oxygen atoms in total. The highest BCUT2D eigenvalue weighted by Crippen LogP contribution is 2.44. The number of benzene rings is 2. The monoisotopic (exact) mass is 423 g/mol. The van der Waals surface area contributed by atoms with Crippen molar-refractivity contribution < 1.29 is 28.6 Å². The summed E-state index contributed by atoms with van der Waals surface area (Å²) >= 11 is 0. The van der Waals surface area contributed by atoms with E-state index in [9.17, 15) is 14.4 Å². The van der Waals surface area contributed by atoms with E-state index in [0.717, 1.165) is 0 Å². The molecule has 31 heavy (non-hydrogen) atoms. The van der Waals surface area contributed by atoms with Crippen molar-refractivity contribution in [2.45, 2.75) is 19.8 Å². The number of rotatable bonds is 7. The van der Waals surface area contributed by atoms with Crippen molar-refractivity contribution in [1.82, 2.24) is 5.32 Å². The van der Waals surface area contributed by atoms with Crippen molar-refractivity contribution in [1.29, 1.82) is 0 Å². The molecule has 1 aliphatic rings. The summed E-state index contributed by atoms with van der Waals surface area (Å²) in [5, 5.41) is 2.75. The molecule has 1 heterocycles. The Kier molecular flexibility index (Phi) is 7.07. The van der Waals surface area contributed by atoms with Gasteiger partial charge in [-0.2, -0.15) is 0 Å². The van der Waals surface area contributed by atoms with Gasteiger partial charge in [0.15, 0.2) is 0 Å². The van der Waals surface area contributed by atoms with Crippen LogP contribution in [-0.4, -0.2) is 38.2 Å². The van der Waals surface area contributed by atoms with E-state index in [1.807, 2.05) is 6.07 Å². The molecule has 0 saturated heterocycles. The number of hydrogen-bond donors (Lipinski definition) is 1. The minimum absolute atomic E-state index is 0.102. The zero-order chi connectivity index (χ0) is 22.4. The molecule has 7 heteroatoms. The lowest BCUT2D eigenvalue weighted by atomic mass is 9.75. The summed E-state index contributed by atoms with van der Waals surface area (Å²) in [5.41, 5.74) is 1.63. The van der Waals surface area contributed by atoms with E-state index in [-0.39, 0.29) is 18.8 Å². The van der Waals surface area contributed by atoms with Gasteiger partial charge in [0.2, 0.25) is 5.91 Å². The van der Waals surface area contributed by atoms with Crippen LogP contribution in [0.3, 0.4) is 0 Å². The van der Waals surface area contributed by atoms with Crippen LogP contribution >= 0.6 is 0 Å². The van der Waals surface area contributed by atoms with Gasteiger partial charge < -0.3 is 19.5 Å². The number of hydrogen-bond acceptors (Lipinski definition) is 6. The van der Waals surface area contributed by atoms with Crippen LogP contribution in [-0.2, 0) is 23.9 Å². The third kappa shape index (κ3) is 4.45. The normalized spacial score (nSPS) is 18.2. The third-order valence-corrected chi connectivity index (χ3v) is 5.02. The molecule has 1 amide bonds. The van der Waals surface area contributed by atoms with Gasteiger partial charge in [-0.3, -0.25) is 9.59 Å². The maximum atomic E-state index is 13.2. The molecule has 0 radical (unpaired) electrons. The van der Waals surface area contributed by atoms with Gasteiger partial charge in [-0.15, -0.1) is 0 Å². The van der Waals surface area contributed by atoms with E-state index in [4.69, 9.17) is 14.2 Å². The molecular formula is C24H25NO6. The molecule has 2 atom stereocenters. The Hall–Kier alpha value is -3.61. The molecular weight excluding hydrogens is 398 g/mol. The first kappa shape index (κ1) is 22.1. The molecule has 3 rings (SSSR count). The van der Waals surface area contributed by atoms with Crippen LogP contribution in [0.2, 0.25) is 0 Å². The van der Waals surface area contributed by atoms with Crippen molar-refractivity contribution in [2.24, 2.45) is 5.92 Å². The van der Waals surface area contributed by atoms with Gasteiger partial charge in [0, 0.05) is 11.5 Å². The Morgan fingerprint density at radius 1 is 0.935 bits per heavy atom. The van der Waals surface area contributed by atoms with Crippen molar-refractivity contribution in [2.75, 3.05) is 20.3 Å². The fourth-order valence-electron chi connectivity index (χ4n) is 3.75. The molecule has 2 aromatic carbocycles. The van der Waals surface area contributed by atoms with Crippen LogP contribution < -0.4 is 10.1 Å². The van der Waals surface area contributed by atoms with Crippen LogP contribution in [0.4, 0.5) is 0 Å². The summed E-state index contributed by atoms with van der Waals surface area (Å²) < 4.78 is 16.0. The Labute approximate surface area is 181 Å². The second kappa shape index (κ2) is 9.93. The predicted octanol–water partition coefficient (Wildman–Crippen LogP) is 3.06. The number of methoxy groups -OCH3 is 1. The second-order valence-electron chi connectivity index (χ2n) is 6.81. The SMILES string of the molecule is CCOC(=O)C1=C(c2ccccc2)NC(=O)[C@@H](C(=O)OCC)[C@@H]1c1ccccc1OC. The quantitative estimate of drug-likeness (QED) is 0.544. The van der Waals surface area contributed by atoms with Gasteiger partial charge in [0.25, 0.3) is 0 Å². The Bertz CT molecular complexity index is 998. The number of para-hydroxylation sites is 1. The van der Waals surface area contributed by atoms with Crippen molar-refractivity contribution in [3.63, 3.8) is 0 Å². The lowest BCUT2D eigenvalue weighted by Gasteiger charge is -2.34. The first-order valence-electron chi connectivity index (χ1n) is 10.1. The minimum atomic E-state index is -1.27. The van der Waals surface area contributed by atoms with Crippen molar-refractivity contribution in [3.8, 4) is 5.75 Å². The fourth-order valence-corrected chi connectivity index (χ4v) is 3.75. The summed E-state index contributed by atoms with van der Waals surface area (Å²) in [6.45, 7) is 3.60. The molecule has 0 bridgehead atoms. The van der Waals surface area contributed by atoms with Gasteiger partial charge in [-0.1, -0.05) is 48.5 Å². The lowest BCUT2D eigenvalue weighted by Crippen LogP contribution is -2.46. The van der Waals surface area contributed by atoms with Gasteiger partial charge in [0.1, 0.15) is 11.7 Å². The highest BCUT2D eigenvalue weighted by atomic mass is 16.5. The van der Waals surface area contributed by atoms with E-state index >= 15 is 0 Å². The largest absolute Gasteiger partial charge is 0.496 e. The second-order valence-corrected chi connectivity index (χ2v) is 6.81. The average molecular weight is 423 g/mol. The molecule has 162 valence electrons. The minimum Gasteiger partial charge on any atom is -0.496 e. The number of carbonyl (C=O) groups excluding carboxylic acids is 3. The van der Waals surface area contributed by atoms with Gasteiger partial charge >= 0.3 is 11.9 Å². The first-order chi connectivity index (χ1) is 15.0. The lowest BCUT2D eigenvalue weighted by molar-refractivity contribution is -0.153. The van der Waals surface area contributed by atoms with Gasteiger partial charge in [-0.05, 0) is 25.5 Å². The van der Waals surface area contributed by atoms with Gasteiger partial charge in [-0.25, -0.2) is 4.79 Å². The standard InChI is InChI=1S/C24H25NO6/c1-4-30-23(27)19-18(16-13-9-10-14-17(16)29-3)20(24(28)31-5-2)22(26)25-21(19)15-11-7-6-8-12-15/h6-14,18,20H,4-5H2,1-3H3,(H,25,26)/t18-,20+/m1/s1. The molecule has 0 aliphatic carbocycles. The predicted molar refractivity (Wildman–Crippen MR) is 114 cm³/mol.